The first-order chi connectivity index (χ1) is 8.15. The molecule has 86 valence electrons. The zero-order chi connectivity index (χ0) is 12.3. The van der Waals surface area contributed by atoms with E-state index in [1.54, 1.807) is 12.4 Å². The summed E-state index contributed by atoms with van der Waals surface area (Å²) in [6, 6.07) is 7.98. The number of aromatic nitrogens is 2. The van der Waals surface area contributed by atoms with Crippen LogP contribution in [0.15, 0.2) is 36.7 Å². The minimum Gasteiger partial charge on any atom is -0.388 e. The van der Waals surface area contributed by atoms with E-state index in [-0.39, 0.29) is 4.99 Å². The van der Waals surface area contributed by atoms with Gasteiger partial charge in [0.1, 0.15) is 16.5 Å². The van der Waals surface area contributed by atoms with Crippen LogP contribution in [-0.4, -0.2) is 15.0 Å². The topological polar surface area (TPSA) is 63.8 Å². The molecule has 3 N–H and O–H groups in total. The maximum absolute atomic E-state index is 5.44. The van der Waals surface area contributed by atoms with Crippen LogP contribution in [0, 0.1) is 3.57 Å². The normalized spacial score (nSPS) is 9.94. The molecule has 0 amide bonds. The zero-order valence-electron chi connectivity index (χ0n) is 8.72. The van der Waals surface area contributed by atoms with Gasteiger partial charge in [-0.1, -0.05) is 12.2 Å². The average Bonchev–Trinajstić information content (AvgIpc) is 2.33. The number of anilines is 2. The van der Waals surface area contributed by atoms with Crippen LogP contribution in [0.3, 0.4) is 0 Å². The second kappa shape index (κ2) is 5.37. The molecule has 1 heterocycles. The second-order valence-corrected chi connectivity index (χ2v) is 4.97. The maximum atomic E-state index is 5.44. The lowest BCUT2D eigenvalue weighted by atomic mass is 10.3. The van der Waals surface area contributed by atoms with Gasteiger partial charge in [-0.15, -0.1) is 0 Å². The predicted molar refractivity (Wildman–Crippen MR) is 80.4 cm³/mol. The number of rotatable bonds is 3. The van der Waals surface area contributed by atoms with Crippen molar-refractivity contribution in [3.05, 3.63) is 45.9 Å². The molecule has 0 radical (unpaired) electrons. The van der Waals surface area contributed by atoms with Gasteiger partial charge in [-0.2, -0.15) is 0 Å². The van der Waals surface area contributed by atoms with Gasteiger partial charge >= 0.3 is 0 Å². The summed E-state index contributed by atoms with van der Waals surface area (Å²) < 4.78 is 1.18. The number of nitrogens with two attached hydrogens (primary N) is 1. The number of benzene rings is 1. The molecule has 0 saturated carbocycles. The molecule has 0 aliphatic carbocycles. The van der Waals surface area contributed by atoms with Crippen LogP contribution in [0.4, 0.5) is 11.5 Å². The molecule has 0 atom stereocenters. The van der Waals surface area contributed by atoms with Crippen LogP contribution in [0.1, 0.15) is 5.69 Å². The van der Waals surface area contributed by atoms with Gasteiger partial charge in [0.25, 0.3) is 0 Å². The number of nitrogens with one attached hydrogen (secondary N) is 1. The Morgan fingerprint density at radius 1 is 1.18 bits per heavy atom. The molecule has 0 saturated heterocycles. The summed E-state index contributed by atoms with van der Waals surface area (Å²) in [4.78, 5) is 8.52. The fourth-order valence-corrected chi connectivity index (χ4v) is 1.67. The van der Waals surface area contributed by atoms with Gasteiger partial charge in [-0.05, 0) is 46.9 Å². The molecule has 17 heavy (non-hydrogen) atoms. The standard InChI is InChI=1S/C11H9IN4S/c12-7-1-3-8(4-2-7)16-10-6-14-9(5-15-10)11(13)17/h1-6H,(H2,13,17)(H,15,16). The van der Waals surface area contributed by atoms with E-state index >= 15 is 0 Å². The summed E-state index contributed by atoms with van der Waals surface area (Å²) in [5.74, 6) is 0.659. The Labute approximate surface area is 118 Å². The van der Waals surface area contributed by atoms with Crippen molar-refractivity contribution in [2.45, 2.75) is 0 Å². The van der Waals surface area contributed by atoms with Gasteiger partial charge in [0, 0.05) is 9.26 Å². The molecule has 0 aliphatic heterocycles. The van der Waals surface area contributed by atoms with Gasteiger partial charge in [0.15, 0.2) is 0 Å². The minimum absolute atomic E-state index is 0.248. The van der Waals surface area contributed by atoms with E-state index in [1.807, 2.05) is 24.3 Å². The number of hydrogen-bond acceptors (Lipinski definition) is 4. The molecule has 1 aromatic heterocycles. The third-order valence-corrected chi connectivity index (χ3v) is 2.95. The number of hydrogen-bond donors (Lipinski definition) is 2. The highest BCUT2D eigenvalue weighted by Gasteiger charge is 2.00. The fourth-order valence-electron chi connectivity index (χ4n) is 1.20. The Morgan fingerprint density at radius 2 is 1.88 bits per heavy atom. The maximum Gasteiger partial charge on any atom is 0.148 e. The van der Waals surface area contributed by atoms with E-state index in [0.29, 0.717) is 11.5 Å². The molecule has 0 aliphatic rings. The van der Waals surface area contributed by atoms with Crippen LogP contribution in [0.2, 0.25) is 0 Å². The van der Waals surface area contributed by atoms with Crippen molar-refractivity contribution in [1.29, 1.82) is 0 Å². The number of halogens is 1. The number of nitrogens with zero attached hydrogens (tertiary/aromatic N) is 2. The quantitative estimate of drug-likeness (QED) is 0.654. The van der Waals surface area contributed by atoms with Crippen LogP contribution < -0.4 is 11.1 Å². The molecule has 0 spiro atoms. The lowest BCUT2D eigenvalue weighted by Gasteiger charge is -2.05. The van der Waals surface area contributed by atoms with Crippen LogP contribution in [0.5, 0.6) is 0 Å². The lowest BCUT2D eigenvalue weighted by Crippen LogP contribution is -2.12. The SMILES string of the molecule is NC(=S)c1cnc(Nc2ccc(I)cc2)cn1. The molecule has 6 heteroatoms. The highest BCUT2D eigenvalue weighted by Crippen LogP contribution is 2.15. The van der Waals surface area contributed by atoms with Crippen molar-refractivity contribution in [3.63, 3.8) is 0 Å². The van der Waals surface area contributed by atoms with E-state index < -0.39 is 0 Å². The van der Waals surface area contributed by atoms with Crippen LogP contribution in [-0.2, 0) is 0 Å². The first kappa shape index (κ1) is 12.2. The molecule has 0 bridgehead atoms. The summed E-state index contributed by atoms with van der Waals surface area (Å²) in [7, 11) is 0. The van der Waals surface area contributed by atoms with Gasteiger partial charge in [-0.3, -0.25) is 0 Å². The third kappa shape index (κ3) is 3.34. The van der Waals surface area contributed by atoms with Crippen molar-refractivity contribution in [2.75, 3.05) is 5.32 Å². The van der Waals surface area contributed by atoms with Gasteiger partial charge in [0.05, 0.1) is 12.4 Å². The first-order valence-electron chi connectivity index (χ1n) is 4.79. The molecule has 1 aromatic carbocycles. The predicted octanol–water partition coefficient (Wildman–Crippen LogP) is 2.46. The van der Waals surface area contributed by atoms with E-state index in [1.165, 1.54) is 3.57 Å². The Balaban J connectivity index is 2.13. The lowest BCUT2D eigenvalue weighted by molar-refractivity contribution is 1.18. The Kier molecular flexibility index (Phi) is 3.85. The molecule has 2 rings (SSSR count). The molecule has 0 unspecified atom stereocenters. The van der Waals surface area contributed by atoms with E-state index in [0.717, 1.165) is 5.69 Å². The van der Waals surface area contributed by atoms with Crippen molar-refractivity contribution in [2.24, 2.45) is 5.73 Å². The molecular weight excluding hydrogens is 347 g/mol. The third-order valence-electron chi connectivity index (χ3n) is 2.02. The highest BCUT2D eigenvalue weighted by molar-refractivity contribution is 14.1. The Bertz CT molecular complexity index is 524. The first-order valence-corrected chi connectivity index (χ1v) is 6.28. The minimum atomic E-state index is 0.248. The summed E-state index contributed by atoms with van der Waals surface area (Å²) in [5.41, 5.74) is 6.92. The van der Waals surface area contributed by atoms with Crippen molar-refractivity contribution < 1.29 is 0 Å². The molecule has 2 aromatic rings. The van der Waals surface area contributed by atoms with E-state index in [9.17, 15) is 0 Å². The molecule has 4 nitrogen and oxygen atoms in total. The second-order valence-electron chi connectivity index (χ2n) is 3.28. The number of thiocarbonyl (C=S) groups is 1. The average molecular weight is 356 g/mol. The van der Waals surface area contributed by atoms with Crippen molar-refractivity contribution >= 4 is 51.3 Å². The highest BCUT2D eigenvalue weighted by atomic mass is 127. The van der Waals surface area contributed by atoms with Crippen molar-refractivity contribution in [1.82, 2.24) is 9.97 Å². The van der Waals surface area contributed by atoms with Crippen LogP contribution in [0.25, 0.3) is 0 Å². The summed E-state index contributed by atoms with van der Waals surface area (Å²) in [5, 5.41) is 3.14. The van der Waals surface area contributed by atoms with Gasteiger partial charge in [0.2, 0.25) is 0 Å². The fraction of sp³-hybridized carbons (Fsp3) is 0. The Hall–Kier alpha value is -1.28. The zero-order valence-corrected chi connectivity index (χ0v) is 11.7. The van der Waals surface area contributed by atoms with E-state index in [2.05, 4.69) is 37.9 Å². The van der Waals surface area contributed by atoms with E-state index in [4.69, 9.17) is 18.0 Å². The van der Waals surface area contributed by atoms with Gasteiger partial charge < -0.3 is 11.1 Å². The van der Waals surface area contributed by atoms with Crippen molar-refractivity contribution in [3.8, 4) is 0 Å². The summed E-state index contributed by atoms with van der Waals surface area (Å²) >= 11 is 7.06. The Morgan fingerprint density at radius 3 is 2.41 bits per heavy atom. The van der Waals surface area contributed by atoms with Crippen LogP contribution >= 0.6 is 34.8 Å². The summed E-state index contributed by atoms with van der Waals surface area (Å²) in [6.07, 6.45) is 3.16. The molecule has 0 fully saturated rings. The largest absolute Gasteiger partial charge is 0.388 e. The van der Waals surface area contributed by atoms with Gasteiger partial charge in [-0.25, -0.2) is 9.97 Å². The molecular formula is C11H9IN4S. The summed E-state index contributed by atoms with van der Waals surface area (Å²) in [6.45, 7) is 0. The smallest absolute Gasteiger partial charge is 0.148 e. The monoisotopic (exact) mass is 356 g/mol.